The minimum absolute atomic E-state index is 0. The number of halogens is 1. The van der Waals surface area contributed by atoms with Gasteiger partial charge in [-0.2, -0.15) is 0 Å². The molecule has 2 fully saturated rings. The molecule has 0 unspecified atom stereocenters. The molecule has 2 aromatic carbocycles. The second kappa shape index (κ2) is 10.3. The number of amides is 1. The van der Waals surface area contributed by atoms with Gasteiger partial charge in [0.1, 0.15) is 0 Å². The molecular weight excluding hydrogens is 388 g/mol. The molecule has 2 aromatic rings. The SMILES string of the molecule is Cl.O=C(c1ccc(CSc2ccccc2)cc1)N1CCC(NCC2CC2)CC1. The van der Waals surface area contributed by atoms with Crippen molar-refractivity contribution in [3.8, 4) is 0 Å². The van der Waals surface area contributed by atoms with Crippen LogP contribution in [0.3, 0.4) is 0 Å². The lowest BCUT2D eigenvalue weighted by molar-refractivity contribution is 0.0705. The van der Waals surface area contributed by atoms with Crippen molar-refractivity contribution in [1.82, 2.24) is 10.2 Å². The monoisotopic (exact) mass is 416 g/mol. The third-order valence-corrected chi connectivity index (χ3v) is 6.61. The van der Waals surface area contributed by atoms with Crippen LogP contribution in [0.1, 0.15) is 41.6 Å². The minimum atomic E-state index is 0. The molecule has 150 valence electrons. The summed E-state index contributed by atoms with van der Waals surface area (Å²) in [6, 6.07) is 19.2. The first-order chi connectivity index (χ1) is 13.3. The van der Waals surface area contributed by atoms with Crippen LogP contribution in [0, 0.1) is 5.92 Å². The van der Waals surface area contributed by atoms with Crippen molar-refractivity contribution in [2.75, 3.05) is 19.6 Å². The van der Waals surface area contributed by atoms with E-state index in [0.717, 1.165) is 43.2 Å². The predicted octanol–water partition coefficient (Wildman–Crippen LogP) is 5.00. The van der Waals surface area contributed by atoms with E-state index >= 15 is 0 Å². The summed E-state index contributed by atoms with van der Waals surface area (Å²) < 4.78 is 0. The summed E-state index contributed by atoms with van der Waals surface area (Å²) in [6.07, 6.45) is 4.93. The number of thioether (sulfide) groups is 1. The highest BCUT2D eigenvalue weighted by Gasteiger charge is 2.26. The van der Waals surface area contributed by atoms with Crippen LogP contribution in [-0.2, 0) is 5.75 Å². The molecule has 1 saturated heterocycles. The maximum Gasteiger partial charge on any atom is 0.253 e. The molecule has 4 rings (SSSR count). The Morgan fingerprint density at radius 3 is 2.29 bits per heavy atom. The zero-order valence-corrected chi connectivity index (χ0v) is 17.8. The fourth-order valence-electron chi connectivity index (χ4n) is 3.55. The maximum absolute atomic E-state index is 12.8. The summed E-state index contributed by atoms with van der Waals surface area (Å²) in [6.45, 7) is 2.90. The summed E-state index contributed by atoms with van der Waals surface area (Å²) in [5.41, 5.74) is 2.07. The average Bonchev–Trinajstić information content (AvgIpc) is 3.56. The highest BCUT2D eigenvalue weighted by molar-refractivity contribution is 7.98. The van der Waals surface area contributed by atoms with Gasteiger partial charge in [0.25, 0.3) is 5.91 Å². The van der Waals surface area contributed by atoms with E-state index in [1.165, 1.54) is 29.8 Å². The number of rotatable bonds is 7. The van der Waals surface area contributed by atoms with E-state index in [0.29, 0.717) is 6.04 Å². The van der Waals surface area contributed by atoms with Gasteiger partial charge in [-0.1, -0.05) is 30.3 Å². The lowest BCUT2D eigenvalue weighted by atomic mass is 10.0. The zero-order chi connectivity index (χ0) is 18.5. The van der Waals surface area contributed by atoms with Gasteiger partial charge in [-0.3, -0.25) is 4.79 Å². The van der Waals surface area contributed by atoms with Gasteiger partial charge < -0.3 is 10.2 Å². The Hall–Kier alpha value is -1.49. The highest BCUT2D eigenvalue weighted by Crippen LogP contribution is 2.28. The lowest BCUT2D eigenvalue weighted by Crippen LogP contribution is -2.45. The molecule has 1 N–H and O–H groups in total. The fourth-order valence-corrected chi connectivity index (χ4v) is 4.43. The van der Waals surface area contributed by atoms with E-state index < -0.39 is 0 Å². The first kappa shape index (κ1) is 21.2. The van der Waals surface area contributed by atoms with Gasteiger partial charge in [0.2, 0.25) is 0 Å². The Balaban J connectivity index is 0.00000225. The molecule has 28 heavy (non-hydrogen) atoms. The molecule has 1 aliphatic carbocycles. The van der Waals surface area contributed by atoms with Crippen molar-refractivity contribution in [2.24, 2.45) is 5.92 Å². The Bertz CT molecular complexity index is 741. The molecule has 0 radical (unpaired) electrons. The number of carbonyl (C=O) groups excluding carboxylic acids is 1. The van der Waals surface area contributed by atoms with Gasteiger partial charge in [-0.15, -0.1) is 24.2 Å². The molecule has 1 amide bonds. The first-order valence-corrected chi connectivity index (χ1v) is 11.1. The summed E-state index contributed by atoms with van der Waals surface area (Å²) in [4.78, 5) is 16.1. The minimum Gasteiger partial charge on any atom is -0.339 e. The largest absolute Gasteiger partial charge is 0.339 e. The Morgan fingerprint density at radius 2 is 1.64 bits per heavy atom. The van der Waals surface area contributed by atoms with Crippen molar-refractivity contribution < 1.29 is 4.79 Å². The van der Waals surface area contributed by atoms with Crippen LogP contribution in [0.15, 0.2) is 59.5 Å². The van der Waals surface area contributed by atoms with Crippen molar-refractivity contribution in [3.05, 3.63) is 65.7 Å². The number of nitrogens with one attached hydrogen (secondary N) is 1. The number of nitrogens with zero attached hydrogens (tertiary/aromatic N) is 1. The molecular formula is C23H29ClN2OS. The van der Waals surface area contributed by atoms with Crippen molar-refractivity contribution in [2.45, 2.75) is 42.4 Å². The van der Waals surface area contributed by atoms with Crippen molar-refractivity contribution in [3.63, 3.8) is 0 Å². The number of hydrogen-bond donors (Lipinski definition) is 1. The van der Waals surface area contributed by atoms with E-state index in [4.69, 9.17) is 0 Å². The van der Waals surface area contributed by atoms with Crippen LogP contribution in [0.4, 0.5) is 0 Å². The lowest BCUT2D eigenvalue weighted by Gasteiger charge is -2.32. The van der Waals surface area contributed by atoms with Crippen molar-refractivity contribution in [1.29, 1.82) is 0 Å². The van der Waals surface area contributed by atoms with E-state index in [9.17, 15) is 4.79 Å². The Kier molecular flexibility index (Phi) is 7.83. The van der Waals surface area contributed by atoms with E-state index in [1.54, 1.807) is 0 Å². The van der Waals surface area contributed by atoms with E-state index in [2.05, 4.69) is 41.7 Å². The molecule has 2 aliphatic rings. The number of hydrogen-bond acceptors (Lipinski definition) is 3. The van der Waals surface area contributed by atoms with Crippen molar-refractivity contribution >= 4 is 30.1 Å². The van der Waals surface area contributed by atoms with Crippen LogP contribution >= 0.6 is 24.2 Å². The fraction of sp³-hybridized carbons (Fsp3) is 0.435. The highest BCUT2D eigenvalue weighted by atomic mass is 35.5. The molecule has 0 spiro atoms. The quantitative estimate of drug-likeness (QED) is 0.644. The third kappa shape index (κ3) is 6.00. The zero-order valence-electron chi connectivity index (χ0n) is 16.2. The van der Waals surface area contributed by atoms with Crippen LogP contribution in [-0.4, -0.2) is 36.5 Å². The molecule has 0 bridgehead atoms. The Labute approximate surface area is 178 Å². The Morgan fingerprint density at radius 1 is 0.964 bits per heavy atom. The summed E-state index contributed by atoms with van der Waals surface area (Å²) in [5, 5.41) is 3.68. The number of piperidine rings is 1. The molecule has 0 aromatic heterocycles. The van der Waals surface area contributed by atoms with Crippen LogP contribution in [0.25, 0.3) is 0 Å². The standard InChI is InChI=1S/C23H28N2OS.ClH/c26-23(25-14-12-21(13-15-25)24-16-18-6-7-18)20-10-8-19(9-11-20)17-27-22-4-2-1-3-5-22;/h1-5,8-11,18,21,24H,6-7,12-17H2;1H. The third-order valence-electron chi connectivity index (χ3n) is 5.52. The van der Waals surface area contributed by atoms with Gasteiger partial charge in [-0.05, 0) is 68.0 Å². The molecule has 1 heterocycles. The van der Waals surface area contributed by atoms with Gasteiger partial charge in [0.05, 0.1) is 0 Å². The average molecular weight is 417 g/mol. The smallest absolute Gasteiger partial charge is 0.253 e. The van der Waals surface area contributed by atoms with Gasteiger partial charge in [-0.25, -0.2) is 0 Å². The first-order valence-electron chi connectivity index (χ1n) is 10.1. The summed E-state index contributed by atoms with van der Waals surface area (Å²) in [7, 11) is 0. The van der Waals surface area contributed by atoms with Gasteiger partial charge in [0.15, 0.2) is 0 Å². The molecule has 1 aliphatic heterocycles. The van der Waals surface area contributed by atoms with E-state index in [1.807, 2.05) is 34.9 Å². The second-order valence-corrected chi connectivity index (χ2v) is 8.77. The predicted molar refractivity (Wildman–Crippen MR) is 119 cm³/mol. The second-order valence-electron chi connectivity index (χ2n) is 7.72. The maximum atomic E-state index is 12.8. The van der Waals surface area contributed by atoms with E-state index in [-0.39, 0.29) is 18.3 Å². The summed E-state index contributed by atoms with van der Waals surface area (Å²) in [5.74, 6) is 2.03. The molecule has 3 nitrogen and oxygen atoms in total. The van der Waals surface area contributed by atoms with Gasteiger partial charge in [0, 0.05) is 35.3 Å². The van der Waals surface area contributed by atoms with Gasteiger partial charge >= 0.3 is 0 Å². The van der Waals surface area contributed by atoms with Crippen LogP contribution < -0.4 is 5.32 Å². The molecule has 1 saturated carbocycles. The summed E-state index contributed by atoms with van der Waals surface area (Å²) >= 11 is 1.82. The van der Waals surface area contributed by atoms with Crippen LogP contribution in [0.5, 0.6) is 0 Å². The number of likely N-dealkylation sites (tertiary alicyclic amines) is 1. The van der Waals surface area contributed by atoms with Crippen LogP contribution in [0.2, 0.25) is 0 Å². The number of benzene rings is 2. The molecule has 0 atom stereocenters. The number of carbonyl (C=O) groups is 1. The molecule has 5 heteroatoms. The topological polar surface area (TPSA) is 32.3 Å². The normalized spacial score (nSPS) is 17.2.